The quantitative estimate of drug-likeness (QED) is 0.770. The number of aryl methyl sites for hydroxylation is 2. The van der Waals surface area contributed by atoms with Crippen LogP contribution in [-0.4, -0.2) is 18.6 Å². The number of nitrogens with zero attached hydrogens (tertiary/aromatic N) is 2. The van der Waals surface area contributed by atoms with Gasteiger partial charge in [0.1, 0.15) is 0 Å². The number of aromatic nitrogens is 2. The summed E-state index contributed by atoms with van der Waals surface area (Å²) in [5.41, 5.74) is 2.92. The van der Waals surface area contributed by atoms with Crippen LogP contribution in [0.4, 0.5) is 0 Å². The third kappa shape index (κ3) is 3.69. The Balaban J connectivity index is 1.71. The lowest BCUT2D eigenvalue weighted by Crippen LogP contribution is -2.23. The van der Waals surface area contributed by atoms with Crippen molar-refractivity contribution >= 4 is 10.0 Å². The lowest BCUT2D eigenvalue weighted by atomic mass is 10.1. The molecule has 1 aromatic heterocycles. The molecule has 1 heterocycles. The Kier molecular flexibility index (Phi) is 4.46. The number of hydrogen-bond donors (Lipinski definition) is 1. The fraction of sp³-hybridized carbons (Fsp3) is 0.176. The van der Waals surface area contributed by atoms with Crippen LogP contribution in [0, 0.1) is 13.8 Å². The van der Waals surface area contributed by atoms with Crippen molar-refractivity contribution in [3.63, 3.8) is 0 Å². The first-order chi connectivity index (χ1) is 11.4. The van der Waals surface area contributed by atoms with E-state index in [-0.39, 0.29) is 17.3 Å². The molecule has 0 spiro atoms. The van der Waals surface area contributed by atoms with E-state index >= 15 is 0 Å². The molecule has 2 aromatic carbocycles. The van der Waals surface area contributed by atoms with Crippen LogP contribution < -0.4 is 4.72 Å². The molecule has 24 heavy (non-hydrogen) atoms. The summed E-state index contributed by atoms with van der Waals surface area (Å²) in [4.78, 5) is 0.200. The molecule has 3 rings (SSSR count). The Morgan fingerprint density at radius 1 is 0.917 bits per heavy atom. The molecule has 0 radical (unpaired) electrons. The van der Waals surface area contributed by atoms with Crippen LogP contribution in [-0.2, 0) is 16.6 Å². The molecule has 0 saturated heterocycles. The van der Waals surface area contributed by atoms with Crippen LogP contribution in [0.1, 0.15) is 17.0 Å². The average molecular weight is 343 g/mol. The molecule has 0 fully saturated rings. The molecular formula is C17H17N3O3S. The largest absolute Gasteiger partial charge is 0.419 e. The van der Waals surface area contributed by atoms with Gasteiger partial charge in [0.15, 0.2) is 0 Å². The van der Waals surface area contributed by atoms with Gasteiger partial charge in [-0.25, -0.2) is 13.1 Å². The molecule has 0 aliphatic heterocycles. The van der Waals surface area contributed by atoms with E-state index in [9.17, 15) is 8.42 Å². The minimum Gasteiger partial charge on any atom is -0.419 e. The zero-order valence-corrected chi connectivity index (χ0v) is 14.2. The molecule has 0 aliphatic rings. The van der Waals surface area contributed by atoms with Gasteiger partial charge in [-0.1, -0.05) is 35.4 Å². The van der Waals surface area contributed by atoms with Gasteiger partial charge >= 0.3 is 0 Å². The van der Waals surface area contributed by atoms with Crippen molar-refractivity contribution in [3.8, 4) is 11.5 Å². The lowest BCUT2D eigenvalue weighted by Gasteiger charge is -2.04. The molecule has 0 aliphatic carbocycles. The third-order valence-electron chi connectivity index (χ3n) is 3.51. The van der Waals surface area contributed by atoms with Crippen LogP contribution in [0.3, 0.4) is 0 Å². The second-order valence-corrected chi connectivity index (χ2v) is 7.27. The van der Waals surface area contributed by atoms with Crippen molar-refractivity contribution < 1.29 is 12.8 Å². The summed E-state index contributed by atoms with van der Waals surface area (Å²) in [5, 5.41) is 7.83. The zero-order valence-electron chi connectivity index (χ0n) is 13.4. The third-order valence-corrected chi connectivity index (χ3v) is 4.93. The highest BCUT2D eigenvalue weighted by Crippen LogP contribution is 2.18. The van der Waals surface area contributed by atoms with Gasteiger partial charge in [0, 0.05) is 5.56 Å². The molecule has 0 amide bonds. The highest BCUT2D eigenvalue weighted by atomic mass is 32.2. The van der Waals surface area contributed by atoms with E-state index in [1.165, 1.54) is 0 Å². The van der Waals surface area contributed by atoms with Gasteiger partial charge < -0.3 is 4.42 Å². The Morgan fingerprint density at radius 2 is 1.50 bits per heavy atom. The smallest absolute Gasteiger partial charge is 0.247 e. The average Bonchev–Trinajstić information content (AvgIpc) is 3.03. The van der Waals surface area contributed by atoms with Gasteiger partial charge in [-0.2, -0.15) is 0 Å². The second kappa shape index (κ2) is 6.54. The number of hydrogen-bond acceptors (Lipinski definition) is 5. The van der Waals surface area contributed by atoms with E-state index in [0.717, 1.165) is 16.7 Å². The highest BCUT2D eigenvalue weighted by Gasteiger charge is 2.16. The van der Waals surface area contributed by atoms with E-state index in [0.29, 0.717) is 5.89 Å². The Morgan fingerprint density at radius 3 is 2.12 bits per heavy atom. The highest BCUT2D eigenvalue weighted by molar-refractivity contribution is 7.89. The van der Waals surface area contributed by atoms with Crippen LogP contribution in [0.15, 0.2) is 57.8 Å². The van der Waals surface area contributed by atoms with Gasteiger partial charge in [0.25, 0.3) is 0 Å². The van der Waals surface area contributed by atoms with E-state index in [4.69, 9.17) is 4.42 Å². The fourth-order valence-corrected chi connectivity index (χ4v) is 3.07. The molecule has 0 saturated carbocycles. The summed E-state index contributed by atoms with van der Waals surface area (Å²) in [6.07, 6.45) is 0. The van der Waals surface area contributed by atoms with Gasteiger partial charge in [0.2, 0.25) is 21.8 Å². The van der Waals surface area contributed by atoms with Crippen molar-refractivity contribution in [2.45, 2.75) is 25.3 Å². The Hall–Kier alpha value is -2.51. The Labute approximate surface area is 140 Å². The number of nitrogens with one attached hydrogen (secondary N) is 1. The summed E-state index contributed by atoms with van der Waals surface area (Å²) in [6, 6.07) is 14.3. The molecule has 0 unspecified atom stereocenters. The normalized spacial score (nSPS) is 11.6. The minimum atomic E-state index is -3.61. The molecule has 124 valence electrons. The predicted molar refractivity (Wildman–Crippen MR) is 89.7 cm³/mol. The first kappa shape index (κ1) is 16.4. The van der Waals surface area contributed by atoms with Crippen LogP contribution in [0.2, 0.25) is 0 Å². The van der Waals surface area contributed by atoms with Crippen molar-refractivity contribution in [3.05, 3.63) is 65.5 Å². The van der Waals surface area contributed by atoms with Gasteiger partial charge in [-0.3, -0.25) is 0 Å². The van der Waals surface area contributed by atoms with Gasteiger partial charge in [-0.05, 0) is 38.1 Å². The summed E-state index contributed by atoms with van der Waals surface area (Å²) < 4.78 is 32.4. The topological polar surface area (TPSA) is 85.1 Å². The maximum atomic E-state index is 12.2. The van der Waals surface area contributed by atoms with Gasteiger partial charge in [-0.15, -0.1) is 10.2 Å². The summed E-state index contributed by atoms with van der Waals surface area (Å²) in [5.74, 6) is 0.570. The Bertz CT molecular complexity index is 930. The first-order valence-corrected chi connectivity index (χ1v) is 8.88. The van der Waals surface area contributed by atoms with E-state index < -0.39 is 10.0 Å². The molecule has 6 nitrogen and oxygen atoms in total. The minimum absolute atomic E-state index is 0.0604. The first-order valence-electron chi connectivity index (χ1n) is 7.40. The molecule has 0 atom stereocenters. The summed E-state index contributed by atoms with van der Waals surface area (Å²) in [6.45, 7) is 3.83. The van der Waals surface area contributed by atoms with E-state index in [2.05, 4.69) is 14.9 Å². The predicted octanol–water partition coefficient (Wildman–Crippen LogP) is 2.83. The van der Waals surface area contributed by atoms with Crippen LogP contribution >= 0.6 is 0 Å². The maximum absolute atomic E-state index is 12.2. The molecule has 3 aromatic rings. The SMILES string of the molecule is Cc1ccc(-c2nnc(CNS(=O)(=O)c3ccc(C)cc3)o2)cc1. The maximum Gasteiger partial charge on any atom is 0.247 e. The monoisotopic (exact) mass is 343 g/mol. The zero-order chi connectivity index (χ0) is 17.2. The standard InChI is InChI=1S/C17H17N3O3S/c1-12-3-7-14(8-4-12)17-20-19-16(23-17)11-18-24(21,22)15-9-5-13(2)6-10-15/h3-10,18H,11H2,1-2H3. The molecule has 0 bridgehead atoms. The summed E-state index contributed by atoms with van der Waals surface area (Å²) in [7, 11) is -3.61. The van der Waals surface area contributed by atoms with Crippen molar-refractivity contribution in [2.75, 3.05) is 0 Å². The fourth-order valence-electron chi connectivity index (χ4n) is 2.10. The van der Waals surface area contributed by atoms with Gasteiger partial charge in [0.05, 0.1) is 11.4 Å². The van der Waals surface area contributed by atoms with Crippen molar-refractivity contribution in [2.24, 2.45) is 0 Å². The van der Waals surface area contributed by atoms with Crippen LogP contribution in [0.25, 0.3) is 11.5 Å². The van der Waals surface area contributed by atoms with Crippen molar-refractivity contribution in [1.82, 2.24) is 14.9 Å². The number of sulfonamides is 1. The number of rotatable bonds is 5. The van der Waals surface area contributed by atoms with Crippen LogP contribution in [0.5, 0.6) is 0 Å². The van der Waals surface area contributed by atoms with E-state index in [1.807, 2.05) is 38.1 Å². The molecular weight excluding hydrogens is 326 g/mol. The van der Waals surface area contributed by atoms with Crippen molar-refractivity contribution in [1.29, 1.82) is 0 Å². The lowest BCUT2D eigenvalue weighted by molar-refractivity contribution is 0.494. The van der Waals surface area contributed by atoms with E-state index in [1.54, 1.807) is 24.3 Å². The summed E-state index contributed by atoms with van der Waals surface area (Å²) >= 11 is 0. The molecule has 7 heteroatoms. The second-order valence-electron chi connectivity index (χ2n) is 5.50. The molecule has 1 N–H and O–H groups in total. The number of benzene rings is 2.